The van der Waals surface area contributed by atoms with Crippen LogP contribution < -0.4 is 0 Å². The zero-order chi connectivity index (χ0) is 10.7. The summed E-state index contributed by atoms with van der Waals surface area (Å²) in [5, 5.41) is 0. The van der Waals surface area contributed by atoms with E-state index in [4.69, 9.17) is 0 Å². The minimum absolute atomic E-state index is 0.598. The van der Waals surface area contributed by atoms with E-state index in [1.54, 1.807) is 6.20 Å². The van der Waals surface area contributed by atoms with Gasteiger partial charge in [0.2, 0.25) is 0 Å². The summed E-state index contributed by atoms with van der Waals surface area (Å²) in [6, 6.07) is 4.00. The van der Waals surface area contributed by atoms with E-state index < -0.39 is 6.17 Å². The van der Waals surface area contributed by atoms with Crippen LogP contribution in [0, 0.1) is 0 Å². The van der Waals surface area contributed by atoms with Gasteiger partial charge in [0.25, 0.3) is 0 Å². The molecule has 0 saturated carbocycles. The van der Waals surface area contributed by atoms with Gasteiger partial charge in [0, 0.05) is 30.3 Å². The number of rotatable bonds is 2. The fourth-order valence-electron chi connectivity index (χ4n) is 1.79. The van der Waals surface area contributed by atoms with Crippen molar-refractivity contribution in [2.24, 2.45) is 0 Å². The molecule has 0 aliphatic carbocycles. The van der Waals surface area contributed by atoms with E-state index in [-0.39, 0.29) is 0 Å². The highest BCUT2D eigenvalue weighted by Gasteiger charge is 2.18. The molecule has 2 heterocycles. The van der Waals surface area contributed by atoms with Crippen LogP contribution in [0.3, 0.4) is 0 Å². The Morgan fingerprint density at radius 3 is 2.73 bits per heavy atom. The van der Waals surface area contributed by atoms with Gasteiger partial charge in [-0.05, 0) is 40.9 Å². The second-order valence-electron chi connectivity index (χ2n) is 3.92. The summed E-state index contributed by atoms with van der Waals surface area (Å²) in [7, 11) is 0. The molecule has 0 radical (unpaired) electrons. The third kappa shape index (κ3) is 3.24. The molecule has 1 aliphatic heterocycles. The van der Waals surface area contributed by atoms with Gasteiger partial charge in [-0.2, -0.15) is 0 Å². The van der Waals surface area contributed by atoms with E-state index >= 15 is 0 Å². The fraction of sp³-hybridized carbons (Fsp3) is 0.545. The lowest BCUT2D eigenvalue weighted by atomic mass is 10.1. The van der Waals surface area contributed by atoms with Crippen molar-refractivity contribution in [3.05, 3.63) is 28.5 Å². The van der Waals surface area contributed by atoms with Crippen LogP contribution in [0.15, 0.2) is 22.8 Å². The second kappa shape index (κ2) is 5.03. The molecule has 15 heavy (non-hydrogen) atoms. The van der Waals surface area contributed by atoms with Crippen LogP contribution >= 0.6 is 15.9 Å². The topological polar surface area (TPSA) is 16.1 Å². The van der Waals surface area contributed by atoms with Crippen LogP contribution in [-0.2, 0) is 6.54 Å². The Morgan fingerprint density at radius 1 is 1.40 bits per heavy atom. The number of aromatic nitrogens is 1. The first kappa shape index (κ1) is 11.0. The standard InChI is InChI=1S/C11H14BrFN2/c12-9-1-2-11(14-7-9)8-15-5-3-10(13)4-6-15/h1-2,7,10H,3-6,8H2. The minimum Gasteiger partial charge on any atom is -0.297 e. The fourth-order valence-corrected chi connectivity index (χ4v) is 2.02. The Morgan fingerprint density at radius 2 is 2.13 bits per heavy atom. The lowest BCUT2D eigenvalue weighted by molar-refractivity contribution is 0.144. The number of halogens is 2. The smallest absolute Gasteiger partial charge is 0.103 e. The SMILES string of the molecule is FC1CCN(Cc2ccc(Br)cn2)CC1. The molecular weight excluding hydrogens is 259 g/mol. The van der Waals surface area contributed by atoms with Gasteiger partial charge >= 0.3 is 0 Å². The maximum absolute atomic E-state index is 12.9. The number of alkyl halides is 1. The highest BCUT2D eigenvalue weighted by molar-refractivity contribution is 9.10. The predicted octanol–water partition coefficient (Wildman–Crippen LogP) is 2.78. The zero-order valence-electron chi connectivity index (χ0n) is 8.50. The summed E-state index contributed by atoms with van der Waals surface area (Å²) in [6.07, 6.45) is 2.53. The van der Waals surface area contributed by atoms with E-state index in [0.29, 0.717) is 12.8 Å². The van der Waals surface area contributed by atoms with Gasteiger partial charge in [-0.3, -0.25) is 9.88 Å². The molecule has 0 N–H and O–H groups in total. The molecule has 0 atom stereocenters. The van der Waals surface area contributed by atoms with Crippen molar-refractivity contribution in [3.8, 4) is 0 Å². The molecule has 4 heteroatoms. The minimum atomic E-state index is -0.598. The quantitative estimate of drug-likeness (QED) is 0.823. The van der Waals surface area contributed by atoms with E-state index in [9.17, 15) is 4.39 Å². The summed E-state index contributed by atoms with van der Waals surface area (Å²) < 4.78 is 13.9. The molecule has 82 valence electrons. The molecular formula is C11H14BrFN2. The normalized spacial score (nSPS) is 19.3. The van der Waals surface area contributed by atoms with Crippen LogP contribution in [0.2, 0.25) is 0 Å². The summed E-state index contributed by atoms with van der Waals surface area (Å²) in [4.78, 5) is 6.57. The zero-order valence-corrected chi connectivity index (χ0v) is 10.1. The van der Waals surface area contributed by atoms with Crippen molar-refractivity contribution in [1.29, 1.82) is 0 Å². The number of hydrogen-bond donors (Lipinski definition) is 0. The van der Waals surface area contributed by atoms with Gasteiger partial charge in [-0.15, -0.1) is 0 Å². The monoisotopic (exact) mass is 272 g/mol. The molecule has 0 aromatic carbocycles. The van der Waals surface area contributed by atoms with Gasteiger partial charge in [-0.1, -0.05) is 0 Å². The van der Waals surface area contributed by atoms with Crippen LogP contribution in [0.1, 0.15) is 18.5 Å². The number of piperidine rings is 1. The van der Waals surface area contributed by atoms with E-state index in [1.165, 1.54) is 0 Å². The highest BCUT2D eigenvalue weighted by Crippen LogP contribution is 2.15. The Labute approximate surface area is 97.6 Å². The lowest BCUT2D eigenvalue weighted by Crippen LogP contribution is -2.34. The molecule has 0 bridgehead atoms. The van der Waals surface area contributed by atoms with Crippen molar-refractivity contribution in [2.45, 2.75) is 25.6 Å². The maximum Gasteiger partial charge on any atom is 0.103 e. The summed E-state index contributed by atoms with van der Waals surface area (Å²) in [5.74, 6) is 0. The molecule has 1 aromatic rings. The largest absolute Gasteiger partial charge is 0.297 e. The van der Waals surface area contributed by atoms with Gasteiger partial charge in [0.05, 0.1) is 5.69 Å². The van der Waals surface area contributed by atoms with E-state index in [1.807, 2.05) is 12.1 Å². The molecule has 0 unspecified atom stereocenters. The molecule has 0 spiro atoms. The first-order valence-electron chi connectivity index (χ1n) is 5.21. The molecule has 1 saturated heterocycles. The van der Waals surface area contributed by atoms with Gasteiger partial charge in [-0.25, -0.2) is 4.39 Å². The number of nitrogens with zero attached hydrogens (tertiary/aromatic N) is 2. The summed E-state index contributed by atoms with van der Waals surface area (Å²) >= 11 is 3.35. The Bertz CT molecular complexity index is 307. The number of likely N-dealkylation sites (tertiary alicyclic amines) is 1. The molecule has 1 aromatic heterocycles. The van der Waals surface area contributed by atoms with Gasteiger partial charge in [0.1, 0.15) is 6.17 Å². The van der Waals surface area contributed by atoms with E-state index in [2.05, 4.69) is 25.8 Å². The van der Waals surface area contributed by atoms with Crippen LogP contribution in [0.4, 0.5) is 4.39 Å². The number of hydrogen-bond acceptors (Lipinski definition) is 2. The highest BCUT2D eigenvalue weighted by atomic mass is 79.9. The molecule has 1 aliphatic rings. The molecule has 2 nitrogen and oxygen atoms in total. The third-order valence-corrected chi connectivity index (χ3v) is 3.16. The summed E-state index contributed by atoms with van der Waals surface area (Å²) in [6.45, 7) is 2.53. The number of pyridine rings is 1. The average molecular weight is 273 g/mol. The van der Waals surface area contributed by atoms with Gasteiger partial charge in [0.15, 0.2) is 0 Å². The lowest BCUT2D eigenvalue weighted by Gasteiger charge is -2.28. The van der Waals surface area contributed by atoms with Crippen molar-refractivity contribution >= 4 is 15.9 Å². The van der Waals surface area contributed by atoms with Crippen molar-refractivity contribution in [3.63, 3.8) is 0 Å². The van der Waals surface area contributed by atoms with Crippen LogP contribution in [-0.4, -0.2) is 29.1 Å². The van der Waals surface area contributed by atoms with Crippen molar-refractivity contribution < 1.29 is 4.39 Å². The Hall–Kier alpha value is -0.480. The molecule has 1 fully saturated rings. The third-order valence-electron chi connectivity index (χ3n) is 2.69. The summed E-state index contributed by atoms with van der Waals surface area (Å²) in [5.41, 5.74) is 1.05. The Kier molecular flexibility index (Phi) is 3.70. The first-order valence-corrected chi connectivity index (χ1v) is 6.00. The van der Waals surface area contributed by atoms with E-state index in [0.717, 1.165) is 29.8 Å². The van der Waals surface area contributed by atoms with Crippen LogP contribution in [0.25, 0.3) is 0 Å². The van der Waals surface area contributed by atoms with Crippen molar-refractivity contribution in [2.75, 3.05) is 13.1 Å². The average Bonchev–Trinajstić information content (AvgIpc) is 2.25. The molecule has 2 rings (SSSR count). The van der Waals surface area contributed by atoms with Crippen molar-refractivity contribution in [1.82, 2.24) is 9.88 Å². The maximum atomic E-state index is 12.9. The van der Waals surface area contributed by atoms with Crippen LogP contribution in [0.5, 0.6) is 0 Å². The Balaban J connectivity index is 1.89. The molecule has 0 amide bonds. The predicted molar refractivity (Wildman–Crippen MR) is 61.3 cm³/mol. The van der Waals surface area contributed by atoms with Gasteiger partial charge < -0.3 is 0 Å². The second-order valence-corrected chi connectivity index (χ2v) is 4.83. The first-order chi connectivity index (χ1) is 7.24.